The van der Waals surface area contributed by atoms with E-state index >= 15 is 0 Å². The fraction of sp³-hybridized carbons (Fsp3) is 0.167. The number of sulfonamides is 1. The number of amides is 1. The Kier molecular flexibility index (Phi) is 6.13. The molecule has 4 aromatic rings. The van der Waals surface area contributed by atoms with Crippen molar-refractivity contribution in [2.75, 3.05) is 31.6 Å². The lowest BCUT2D eigenvalue weighted by molar-refractivity contribution is 0.0729. The molecule has 174 valence electrons. The molecule has 1 aliphatic heterocycles. The smallest absolute Gasteiger partial charge is 0.257 e. The van der Waals surface area contributed by atoms with Crippen molar-refractivity contribution in [2.24, 2.45) is 0 Å². The number of halogens is 1. The minimum atomic E-state index is -4.09. The number of carbonyl (C=O) groups is 1. The Morgan fingerprint density at radius 1 is 1.03 bits per heavy atom. The Labute approximate surface area is 199 Å². The molecule has 2 heterocycles. The number of carbonyl (C=O) groups excluding carboxylic acids is 1. The Balaban J connectivity index is 1.36. The fourth-order valence-electron chi connectivity index (χ4n) is 3.75. The number of hydrogen-bond donors (Lipinski definition) is 1. The highest BCUT2D eigenvalue weighted by molar-refractivity contribution is 7.89. The fourth-order valence-corrected chi connectivity index (χ4v) is 5.96. The molecule has 1 N–H and O–H groups in total. The van der Waals surface area contributed by atoms with Gasteiger partial charge in [-0.05, 0) is 35.0 Å². The van der Waals surface area contributed by atoms with E-state index in [0.717, 1.165) is 32.8 Å². The molecular weight excluding hydrogens is 477 g/mol. The van der Waals surface area contributed by atoms with Crippen LogP contribution in [0.5, 0.6) is 0 Å². The van der Waals surface area contributed by atoms with Gasteiger partial charge in [0, 0.05) is 29.6 Å². The summed E-state index contributed by atoms with van der Waals surface area (Å²) in [7, 11) is -4.09. The van der Waals surface area contributed by atoms with Gasteiger partial charge in [0.1, 0.15) is 10.7 Å². The molecule has 5 rings (SSSR count). The van der Waals surface area contributed by atoms with Gasteiger partial charge in [-0.1, -0.05) is 36.4 Å². The zero-order valence-electron chi connectivity index (χ0n) is 17.9. The van der Waals surface area contributed by atoms with Gasteiger partial charge in [0.25, 0.3) is 5.91 Å². The standard InChI is InChI=1S/C24H20FN3O4S2/c25-20-8-7-19(14-22(20)34(30,31)28-9-11-32-12-10-28)23(29)27-24-26-21(15-33-24)18-6-5-16-3-1-2-4-17(16)13-18/h1-8,13-15H,9-12H2,(H,26,27,29). The van der Waals surface area contributed by atoms with E-state index in [-0.39, 0.29) is 31.9 Å². The van der Waals surface area contributed by atoms with E-state index in [1.54, 1.807) is 0 Å². The number of morpholine rings is 1. The van der Waals surface area contributed by atoms with Gasteiger partial charge in [0.05, 0.1) is 18.9 Å². The minimum absolute atomic E-state index is 0.0238. The second kappa shape index (κ2) is 9.22. The summed E-state index contributed by atoms with van der Waals surface area (Å²) in [5.74, 6) is -1.48. The van der Waals surface area contributed by atoms with Crippen molar-refractivity contribution in [1.82, 2.24) is 9.29 Å². The van der Waals surface area contributed by atoms with Crippen molar-refractivity contribution in [3.8, 4) is 11.3 Å². The zero-order valence-corrected chi connectivity index (χ0v) is 19.5. The van der Waals surface area contributed by atoms with Crippen molar-refractivity contribution in [1.29, 1.82) is 0 Å². The van der Waals surface area contributed by atoms with Gasteiger partial charge in [0.2, 0.25) is 10.0 Å². The first-order valence-electron chi connectivity index (χ1n) is 10.6. The van der Waals surface area contributed by atoms with Gasteiger partial charge in [-0.3, -0.25) is 10.1 Å². The Bertz CT molecular complexity index is 1480. The quantitative estimate of drug-likeness (QED) is 0.442. The number of fused-ring (bicyclic) bond motifs is 1. The number of aromatic nitrogens is 1. The highest BCUT2D eigenvalue weighted by atomic mass is 32.2. The van der Waals surface area contributed by atoms with E-state index < -0.39 is 26.6 Å². The highest BCUT2D eigenvalue weighted by Gasteiger charge is 2.30. The highest BCUT2D eigenvalue weighted by Crippen LogP contribution is 2.28. The first-order chi connectivity index (χ1) is 16.4. The number of hydrogen-bond acceptors (Lipinski definition) is 6. The van der Waals surface area contributed by atoms with Gasteiger partial charge < -0.3 is 4.74 Å². The number of anilines is 1. The van der Waals surface area contributed by atoms with Gasteiger partial charge in [-0.2, -0.15) is 4.31 Å². The molecule has 0 atom stereocenters. The topological polar surface area (TPSA) is 88.6 Å². The van der Waals surface area contributed by atoms with Gasteiger partial charge in [0.15, 0.2) is 5.13 Å². The third kappa shape index (κ3) is 4.45. The lowest BCUT2D eigenvalue weighted by Gasteiger charge is -2.26. The first-order valence-corrected chi connectivity index (χ1v) is 12.9. The number of benzene rings is 3. The number of nitrogens with one attached hydrogen (secondary N) is 1. The van der Waals surface area contributed by atoms with Crippen LogP contribution < -0.4 is 5.32 Å². The molecule has 0 radical (unpaired) electrons. The molecule has 7 nitrogen and oxygen atoms in total. The molecule has 1 amide bonds. The minimum Gasteiger partial charge on any atom is -0.379 e. The number of nitrogens with zero attached hydrogens (tertiary/aromatic N) is 2. The molecule has 10 heteroatoms. The maximum Gasteiger partial charge on any atom is 0.257 e. The molecule has 1 aliphatic rings. The molecule has 34 heavy (non-hydrogen) atoms. The SMILES string of the molecule is O=C(Nc1nc(-c2ccc3ccccc3c2)cs1)c1ccc(F)c(S(=O)(=O)N2CCOCC2)c1. The Hall–Kier alpha value is -3.18. The third-order valence-corrected chi connectivity index (χ3v) is 8.22. The monoisotopic (exact) mass is 497 g/mol. The summed E-state index contributed by atoms with van der Waals surface area (Å²) >= 11 is 1.25. The normalized spacial score (nSPS) is 14.9. The van der Waals surface area contributed by atoms with E-state index in [1.807, 2.05) is 47.8 Å². The second-order valence-corrected chi connectivity index (χ2v) is 10.5. The van der Waals surface area contributed by atoms with Gasteiger partial charge in [-0.15, -0.1) is 11.3 Å². The van der Waals surface area contributed by atoms with Crippen molar-refractivity contribution in [3.63, 3.8) is 0 Å². The lowest BCUT2D eigenvalue weighted by atomic mass is 10.1. The van der Waals surface area contributed by atoms with Crippen molar-refractivity contribution in [3.05, 3.63) is 77.4 Å². The predicted octanol–water partition coefficient (Wildman–Crippen LogP) is 4.38. The van der Waals surface area contributed by atoms with E-state index in [1.165, 1.54) is 17.4 Å². The zero-order chi connectivity index (χ0) is 23.7. The molecule has 0 spiro atoms. The summed E-state index contributed by atoms with van der Waals surface area (Å²) in [6, 6.07) is 17.3. The van der Waals surface area contributed by atoms with Crippen molar-refractivity contribution < 1.29 is 22.3 Å². The van der Waals surface area contributed by atoms with E-state index in [2.05, 4.69) is 10.3 Å². The Morgan fingerprint density at radius 3 is 2.59 bits per heavy atom. The summed E-state index contributed by atoms with van der Waals surface area (Å²) in [5, 5.41) is 7.07. The summed E-state index contributed by atoms with van der Waals surface area (Å²) in [6.45, 7) is 0.749. The molecule has 0 aliphatic carbocycles. The number of thiazole rings is 1. The van der Waals surface area contributed by atoms with Crippen LogP contribution in [0.15, 0.2) is 70.9 Å². The van der Waals surface area contributed by atoms with Crippen LogP contribution in [0, 0.1) is 5.82 Å². The predicted molar refractivity (Wildman–Crippen MR) is 129 cm³/mol. The second-order valence-electron chi connectivity index (χ2n) is 7.72. The van der Waals surface area contributed by atoms with Crippen LogP contribution >= 0.6 is 11.3 Å². The van der Waals surface area contributed by atoms with E-state index in [0.29, 0.717) is 10.8 Å². The number of rotatable bonds is 5. The number of ether oxygens (including phenoxy) is 1. The van der Waals surface area contributed by atoms with Crippen LogP contribution in [-0.2, 0) is 14.8 Å². The molecule has 0 saturated carbocycles. The average molecular weight is 498 g/mol. The summed E-state index contributed by atoms with van der Waals surface area (Å²) in [4.78, 5) is 16.8. The van der Waals surface area contributed by atoms with E-state index in [9.17, 15) is 17.6 Å². The molecule has 3 aromatic carbocycles. The maximum atomic E-state index is 14.4. The van der Waals surface area contributed by atoms with Crippen LogP contribution in [0.4, 0.5) is 9.52 Å². The van der Waals surface area contributed by atoms with Gasteiger partial charge >= 0.3 is 0 Å². The van der Waals surface area contributed by atoms with Crippen LogP contribution in [0.1, 0.15) is 10.4 Å². The first kappa shape index (κ1) is 22.6. The average Bonchev–Trinajstić information content (AvgIpc) is 3.33. The van der Waals surface area contributed by atoms with Crippen molar-refractivity contribution in [2.45, 2.75) is 4.90 Å². The summed E-state index contributed by atoms with van der Waals surface area (Å²) in [5.41, 5.74) is 1.65. The van der Waals surface area contributed by atoms with E-state index in [4.69, 9.17) is 4.74 Å². The maximum absolute atomic E-state index is 14.4. The molecular formula is C24H20FN3O4S2. The van der Waals surface area contributed by atoms with Crippen LogP contribution in [0.25, 0.3) is 22.0 Å². The molecule has 1 saturated heterocycles. The lowest BCUT2D eigenvalue weighted by Crippen LogP contribution is -2.41. The third-order valence-electron chi connectivity index (χ3n) is 5.55. The Morgan fingerprint density at radius 2 is 1.79 bits per heavy atom. The van der Waals surface area contributed by atoms with Gasteiger partial charge in [-0.25, -0.2) is 17.8 Å². The largest absolute Gasteiger partial charge is 0.379 e. The summed E-state index contributed by atoms with van der Waals surface area (Å²) < 4.78 is 46.5. The molecule has 0 bridgehead atoms. The molecule has 1 fully saturated rings. The van der Waals surface area contributed by atoms with Crippen molar-refractivity contribution >= 4 is 43.2 Å². The summed E-state index contributed by atoms with van der Waals surface area (Å²) in [6.07, 6.45) is 0. The molecule has 0 unspecified atom stereocenters. The van der Waals surface area contributed by atoms with Crippen LogP contribution in [-0.4, -0.2) is 49.9 Å². The molecule has 1 aromatic heterocycles. The van der Waals surface area contributed by atoms with Crippen LogP contribution in [0.3, 0.4) is 0 Å². The van der Waals surface area contributed by atoms with Crippen LogP contribution in [0.2, 0.25) is 0 Å².